The first-order valence-corrected chi connectivity index (χ1v) is 14.6. The SMILES string of the molecule is C=CC(=O)N1CCN([C]2N=C(OCC3CCCN3C)NC(C)=C2CC[C@H]2Cc3ccc(F)cc3CO2)CC1CC#N. The summed E-state index contributed by atoms with van der Waals surface area (Å²) < 4.78 is 26.0. The number of likely N-dealkylation sites (N-methyl/N-ethyl adjacent to an activating group) is 1. The highest BCUT2D eigenvalue weighted by Crippen LogP contribution is 2.34. The van der Waals surface area contributed by atoms with E-state index in [0.717, 1.165) is 60.8 Å². The quantitative estimate of drug-likeness (QED) is 0.484. The average molecular weight is 564 g/mol. The fourth-order valence-electron chi connectivity index (χ4n) is 6.26. The third-order valence-electron chi connectivity index (χ3n) is 8.68. The minimum absolute atomic E-state index is 0.0161. The van der Waals surface area contributed by atoms with Gasteiger partial charge in [-0.1, -0.05) is 12.6 Å². The average Bonchev–Trinajstić information content (AvgIpc) is 3.39. The maximum absolute atomic E-state index is 13.7. The third-order valence-corrected chi connectivity index (χ3v) is 8.68. The lowest BCUT2D eigenvalue weighted by Gasteiger charge is -2.43. The fraction of sp³-hybridized carbons (Fsp3) is 0.548. The van der Waals surface area contributed by atoms with Gasteiger partial charge in [-0.2, -0.15) is 5.26 Å². The van der Waals surface area contributed by atoms with Crippen molar-refractivity contribution in [3.63, 3.8) is 0 Å². The van der Waals surface area contributed by atoms with Gasteiger partial charge in [-0.05, 0) is 87.5 Å². The van der Waals surface area contributed by atoms with Crippen molar-refractivity contribution in [2.75, 3.05) is 39.8 Å². The van der Waals surface area contributed by atoms with Crippen LogP contribution in [0, 0.1) is 23.3 Å². The lowest BCUT2D eigenvalue weighted by Crippen LogP contribution is -2.56. The van der Waals surface area contributed by atoms with E-state index in [2.05, 4.69) is 34.8 Å². The molecule has 1 radical (unpaired) electrons. The molecule has 2 unspecified atom stereocenters. The second-order valence-electron chi connectivity index (χ2n) is 11.3. The van der Waals surface area contributed by atoms with Crippen molar-refractivity contribution < 1.29 is 18.7 Å². The van der Waals surface area contributed by atoms with Crippen molar-refractivity contribution in [3.8, 4) is 6.07 Å². The van der Waals surface area contributed by atoms with Crippen LogP contribution in [0.5, 0.6) is 0 Å². The maximum Gasteiger partial charge on any atom is 0.291 e. The summed E-state index contributed by atoms with van der Waals surface area (Å²) in [5.74, 6) is -0.394. The first-order chi connectivity index (χ1) is 19.9. The molecule has 1 amide bonds. The molecule has 0 saturated carbocycles. The summed E-state index contributed by atoms with van der Waals surface area (Å²) in [6.45, 7) is 9.30. The number of nitriles is 1. The van der Waals surface area contributed by atoms with Gasteiger partial charge in [-0.25, -0.2) is 9.38 Å². The molecule has 10 heteroatoms. The Morgan fingerprint density at radius 3 is 2.93 bits per heavy atom. The molecule has 0 bridgehead atoms. The summed E-state index contributed by atoms with van der Waals surface area (Å²) in [5.41, 5.74) is 4.10. The first kappa shape index (κ1) is 29.2. The molecule has 0 spiro atoms. The Hall–Kier alpha value is -3.26. The van der Waals surface area contributed by atoms with E-state index in [1.165, 1.54) is 18.6 Å². The number of rotatable bonds is 8. The van der Waals surface area contributed by atoms with Crippen molar-refractivity contribution in [3.05, 3.63) is 65.2 Å². The highest BCUT2D eigenvalue weighted by atomic mass is 19.1. The number of amides is 1. The molecular weight excluding hydrogens is 523 g/mol. The topological polar surface area (TPSA) is 93.4 Å². The number of fused-ring (bicyclic) bond motifs is 1. The number of aliphatic imine (C=N–C) groups is 1. The van der Waals surface area contributed by atoms with E-state index in [4.69, 9.17) is 14.5 Å². The van der Waals surface area contributed by atoms with Gasteiger partial charge in [-0.15, -0.1) is 0 Å². The highest BCUT2D eigenvalue weighted by Gasteiger charge is 2.37. The number of carbonyl (C=O) groups excluding carboxylic acids is 1. The van der Waals surface area contributed by atoms with Gasteiger partial charge >= 0.3 is 0 Å². The van der Waals surface area contributed by atoms with E-state index in [0.29, 0.717) is 44.9 Å². The lowest BCUT2D eigenvalue weighted by atomic mass is 9.93. The highest BCUT2D eigenvalue weighted by molar-refractivity contribution is 5.87. The van der Waals surface area contributed by atoms with Crippen LogP contribution in [0.3, 0.4) is 0 Å². The molecule has 4 aliphatic heterocycles. The molecule has 5 rings (SSSR count). The van der Waals surface area contributed by atoms with Gasteiger partial charge in [0.15, 0.2) is 6.17 Å². The van der Waals surface area contributed by atoms with Gasteiger partial charge < -0.3 is 24.6 Å². The Bertz CT molecular complexity index is 1240. The fourth-order valence-corrected chi connectivity index (χ4v) is 6.26. The number of amidine groups is 1. The van der Waals surface area contributed by atoms with Crippen molar-refractivity contribution in [2.24, 2.45) is 4.99 Å². The van der Waals surface area contributed by atoms with Crippen molar-refractivity contribution in [1.82, 2.24) is 20.0 Å². The van der Waals surface area contributed by atoms with Gasteiger partial charge in [0.05, 0.1) is 31.2 Å². The van der Waals surface area contributed by atoms with Crippen LogP contribution >= 0.6 is 0 Å². The van der Waals surface area contributed by atoms with E-state index in [9.17, 15) is 14.4 Å². The zero-order valence-electron chi connectivity index (χ0n) is 24.1. The van der Waals surface area contributed by atoms with Gasteiger partial charge in [-0.3, -0.25) is 9.69 Å². The number of piperazine rings is 1. The number of carbonyl (C=O) groups is 1. The first-order valence-electron chi connectivity index (χ1n) is 14.6. The summed E-state index contributed by atoms with van der Waals surface area (Å²) >= 11 is 0. The van der Waals surface area contributed by atoms with Crippen LogP contribution in [0.4, 0.5) is 4.39 Å². The van der Waals surface area contributed by atoms with Gasteiger partial charge in [0.2, 0.25) is 5.91 Å². The Labute approximate surface area is 242 Å². The minimum Gasteiger partial charge on any atom is -0.463 e. The number of hydrogen-bond donors (Lipinski definition) is 1. The molecule has 4 heterocycles. The number of hydrogen-bond acceptors (Lipinski definition) is 8. The molecule has 1 aromatic rings. The second kappa shape index (κ2) is 13.1. The molecule has 219 valence electrons. The molecule has 1 N–H and O–H groups in total. The van der Waals surface area contributed by atoms with Crippen LogP contribution < -0.4 is 5.32 Å². The van der Waals surface area contributed by atoms with E-state index in [1.807, 2.05) is 13.0 Å². The van der Waals surface area contributed by atoms with Crippen LogP contribution in [0.15, 0.2) is 47.1 Å². The van der Waals surface area contributed by atoms with E-state index in [1.54, 1.807) is 11.0 Å². The van der Waals surface area contributed by atoms with E-state index < -0.39 is 0 Å². The largest absolute Gasteiger partial charge is 0.463 e. The molecule has 2 fully saturated rings. The molecule has 0 aromatic heterocycles. The number of ether oxygens (including phenoxy) is 2. The number of nitrogens with one attached hydrogen (secondary N) is 1. The molecule has 1 aromatic carbocycles. The Kier molecular flexibility index (Phi) is 9.38. The standard InChI is InChI=1S/C31H40FN6O3/c1-4-29(39)38-15-14-37(18-25(38)11-12-33)30-28(10-9-27-17-22-7-8-24(32)16-23(22)19-40-27)21(2)34-31(35-30)41-20-26-6-5-13-36(26)3/h4,7-8,16,25-27H,1,5-6,9-11,13-15,17-20H2,2-3H3,(H,34,35)/t25?,26?,27-/m0/s1. The minimum atomic E-state index is -0.256. The van der Waals surface area contributed by atoms with E-state index in [-0.39, 0.29) is 30.3 Å². The van der Waals surface area contributed by atoms with Crippen LogP contribution in [0.1, 0.15) is 50.2 Å². The van der Waals surface area contributed by atoms with Gasteiger partial charge in [0.1, 0.15) is 12.4 Å². The molecular formula is C31H40FN6O3. The molecule has 3 atom stereocenters. The molecule has 0 aliphatic carbocycles. The van der Waals surface area contributed by atoms with Gasteiger partial charge in [0.25, 0.3) is 6.02 Å². The predicted molar refractivity (Wildman–Crippen MR) is 154 cm³/mol. The number of halogens is 1. The Morgan fingerprint density at radius 2 is 2.17 bits per heavy atom. The number of nitrogens with zero attached hydrogens (tertiary/aromatic N) is 5. The van der Waals surface area contributed by atoms with Crippen molar-refractivity contribution in [2.45, 2.75) is 70.2 Å². The summed E-state index contributed by atoms with van der Waals surface area (Å²) in [6, 6.07) is 7.76. The summed E-state index contributed by atoms with van der Waals surface area (Å²) in [5, 5.41) is 12.9. The van der Waals surface area contributed by atoms with Crippen molar-refractivity contribution >= 4 is 11.9 Å². The normalized spacial score (nSPS) is 25.8. The monoisotopic (exact) mass is 563 g/mol. The van der Waals surface area contributed by atoms with Crippen LogP contribution in [-0.4, -0.2) is 84.6 Å². The number of allylic oxidation sites excluding steroid dienone is 1. The zero-order valence-corrected chi connectivity index (χ0v) is 24.1. The number of benzene rings is 1. The number of likely N-dealkylation sites (tertiary alicyclic amines) is 1. The van der Waals surface area contributed by atoms with Crippen LogP contribution in [0.2, 0.25) is 0 Å². The van der Waals surface area contributed by atoms with Crippen molar-refractivity contribution in [1.29, 1.82) is 5.26 Å². The van der Waals surface area contributed by atoms with Crippen LogP contribution in [0.25, 0.3) is 0 Å². The molecule has 4 aliphatic rings. The van der Waals surface area contributed by atoms with E-state index >= 15 is 0 Å². The smallest absolute Gasteiger partial charge is 0.291 e. The molecule has 41 heavy (non-hydrogen) atoms. The van der Waals surface area contributed by atoms with Gasteiger partial charge in [0, 0.05) is 31.4 Å². The summed E-state index contributed by atoms with van der Waals surface area (Å²) in [4.78, 5) is 23.7. The maximum atomic E-state index is 13.7. The zero-order chi connectivity index (χ0) is 28.9. The predicted octanol–water partition coefficient (Wildman–Crippen LogP) is 3.49. The lowest BCUT2D eigenvalue weighted by molar-refractivity contribution is -0.130. The summed E-state index contributed by atoms with van der Waals surface area (Å²) in [7, 11) is 2.12. The second-order valence-corrected chi connectivity index (χ2v) is 11.3. The Morgan fingerprint density at radius 1 is 1.32 bits per heavy atom. The van der Waals surface area contributed by atoms with Crippen LogP contribution in [-0.2, 0) is 27.3 Å². The Balaban J connectivity index is 1.32. The molecule has 9 nitrogen and oxygen atoms in total. The molecule has 2 saturated heterocycles. The third kappa shape index (κ3) is 6.80. The summed E-state index contributed by atoms with van der Waals surface area (Å²) in [6.07, 6.45) is 6.91.